The van der Waals surface area contributed by atoms with Gasteiger partial charge in [-0.05, 0) is 45.4 Å². The van der Waals surface area contributed by atoms with E-state index in [-0.39, 0.29) is 11.3 Å². The topological polar surface area (TPSA) is 102 Å². The van der Waals surface area contributed by atoms with E-state index in [1.165, 1.54) is 36.4 Å². The minimum atomic E-state index is -0.787. The minimum absolute atomic E-state index is 0.124. The standard InChI is InChI=1S/C21H25N3O5/c1-6-14-15(11-9-13-18(14)29-5)20(26)23(21(2,3)4)22-19(25)16-10-7-8-12-17(16)24(27)28/h7-13H,6H2,1-5H3,(H,22,25). The number of hydrogen-bond acceptors (Lipinski definition) is 5. The summed E-state index contributed by atoms with van der Waals surface area (Å²) >= 11 is 0. The number of nitrogens with zero attached hydrogens (tertiary/aromatic N) is 2. The van der Waals surface area contributed by atoms with Crippen molar-refractivity contribution in [2.75, 3.05) is 7.11 Å². The van der Waals surface area contributed by atoms with Crippen molar-refractivity contribution in [3.05, 3.63) is 69.3 Å². The third kappa shape index (κ3) is 4.71. The Bertz CT molecular complexity index is 934. The molecule has 0 aliphatic carbocycles. The highest BCUT2D eigenvalue weighted by atomic mass is 16.6. The molecule has 0 radical (unpaired) electrons. The number of nitrogens with one attached hydrogen (secondary N) is 1. The molecular formula is C21H25N3O5. The maximum Gasteiger partial charge on any atom is 0.282 e. The van der Waals surface area contributed by atoms with Crippen molar-refractivity contribution in [1.29, 1.82) is 0 Å². The van der Waals surface area contributed by atoms with Crippen LogP contribution in [0, 0.1) is 10.1 Å². The van der Waals surface area contributed by atoms with Crippen LogP contribution >= 0.6 is 0 Å². The van der Waals surface area contributed by atoms with Crippen molar-refractivity contribution < 1.29 is 19.2 Å². The van der Waals surface area contributed by atoms with Crippen LogP contribution in [0.5, 0.6) is 5.75 Å². The number of rotatable bonds is 5. The number of methoxy groups -OCH3 is 1. The van der Waals surface area contributed by atoms with E-state index in [2.05, 4.69) is 5.43 Å². The van der Waals surface area contributed by atoms with E-state index in [1.54, 1.807) is 39.0 Å². The van der Waals surface area contributed by atoms with Crippen molar-refractivity contribution in [2.24, 2.45) is 0 Å². The molecule has 0 spiro atoms. The zero-order valence-electron chi connectivity index (χ0n) is 17.2. The maximum atomic E-state index is 13.3. The van der Waals surface area contributed by atoms with E-state index in [4.69, 9.17) is 4.74 Å². The quantitative estimate of drug-likeness (QED) is 0.609. The van der Waals surface area contributed by atoms with Crippen LogP contribution in [-0.4, -0.2) is 34.4 Å². The van der Waals surface area contributed by atoms with Crippen molar-refractivity contribution in [1.82, 2.24) is 10.4 Å². The van der Waals surface area contributed by atoms with Crippen LogP contribution in [0.1, 0.15) is 54.0 Å². The summed E-state index contributed by atoms with van der Waals surface area (Å²) in [7, 11) is 1.53. The van der Waals surface area contributed by atoms with Gasteiger partial charge in [0, 0.05) is 17.2 Å². The number of nitro benzene ring substituents is 1. The van der Waals surface area contributed by atoms with Crippen molar-refractivity contribution in [3.63, 3.8) is 0 Å². The van der Waals surface area contributed by atoms with Gasteiger partial charge >= 0.3 is 0 Å². The molecule has 154 valence electrons. The first-order valence-corrected chi connectivity index (χ1v) is 9.16. The number of benzene rings is 2. The average Bonchev–Trinajstić information content (AvgIpc) is 2.69. The summed E-state index contributed by atoms with van der Waals surface area (Å²) in [5, 5.41) is 12.4. The molecule has 2 amide bonds. The minimum Gasteiger partial charge on any atom is -0.496 e. The Balaban J connectivity index is 2.46. The fourth-order valence-corrected chi connectivity index (χ4v) is 2.95. The van der Waals surface area contributed by atoms with Gasteiger partial charge in [-0.1, -0.05) is 25.1 Å². The van der Waals surface area contributed by atoms with Crippen molar-refractivity contribution in [3.8, 4) is 5.75 Å². The summed E-state index contributed by atoms with van der Waals surface area (Å²) in [6, 6.07) is 10.7. The first-order valence-electron chi connectivity index (χ1n) is 9.16. The normalized spacial score (nSPS) is 10.9. The highest BCUT2D eigenvalue weighted by Gasteiger charge is 2.32. The van der Waals surface area contributed by atoms with E-state index in [0.29, 0.717) is 23.3 Å². The Morgan fingerprint density at radius 3 is 2.28 bits per heavy atom. The monoisotopic (exact) mass is 399 g/mol. The molecule has 0 aromatic heterocycles. The molecule has 8 nitrogen and oxygen atoms in total. The van der Waals surface area contributed by atoms with Gasteiger partial charge in [-0.3, -0.25) is 25.1 Å². The summed E-state index contributed by atoms with van der Waals surface area (Å²) in [4.78, 5) is 36.8. The molecule has 0 saturated carbocycles. The van der Waals surface area contributed by atoms with Crippen molar-refractivity contribution >= 4 is 17.5 Å². The van der Waals surface area contributed by atoms with E-state index < -0.39 is 22.3 Å². The zero-order chi connectivity index (χ0) is 21.8. The fourth-order valence-electron chi connectivity index (χ4n) is 2.95. The first kappa shape index (κ1) is 21.9. The predicted molar refractivity (Wildman–Crippen MR) is 109 cm³/mol. The molecule has 0 aliphatic rings. The number of carbonyl (C=O) groups is 2. The summed E-state index contributed by atoms with van der Waals surface area (Å²) in [5.74, 6) is -0.584. The van der Waals surface area contributed by atoms with Crippen LogP contribution in [0.25, 0.3) is 0 Å². The molecule has 8 heteroatoms. The lowest BCUT2D eigenvalue weighted by molar-refractivity contribution is -0.385. The summed E-state index contributed by atoms with van der Waals surface area (Å²) in [6.07, 6.45) is 0.557. The van der Waals surface area contributed by atoms with E-state index in [0.717, 1.165) is 0 Å². The second kappa shape index (κ2) is 8.72. The molecule has 0 heterocycles. The molecule has 0 unspecified atom stereocenters. The van der Waals surface area contributed by atoms with Gasteiger partial charge in [-0.2, -0.15) is 0 Å². The molecule has 0 atom stereocenters. The van der Waals surface area contributed by atoms with Crippen LogP contribution < -0.4 is 10.2 Å². The van der Waals surface area contributed by atoms with Gasteiger partial charge in [-0.25, -0.2) is 5.01 Å². The van der Waals surface area contributed by atoms with Crippen LogP contribution in [-0.2, 0) is 6.42 Å². The smallest absolute Gasteiger partial charge is 0.282 e. The number of hydrazine groups is 1. The zero-order valence-corrected chi connectivity index (χ0v) is 17.2. The van der Waals surface area contributed by atoms with Crippen molar-refractivity contribution in [2.45, 2.75) is 39.7 Å². The lowest BCUT2D eigenvalue weighted by atomic mass is 10.0. The second-order valence-corrected chi connectivity index (χ2v) is 7.37. The van der Waals surface area contributed by atoms with Gasteiger partial charge < -0.3 is 4.74 Å². The summed E-state index contributed by atoms with van der Waals surface area (Å²) in [5.41, 5.74) is 2.42. The number of nitro groups is 1. The van der Waals surface area contributed by atoms with Gasteiger partial charge in [0.2, 0.25) is 0 Å². The summed E-state index contributed by atoms with van der Waals surface area (Å²) in [6.45, 7) is 7.19. The molecule has 2 aromatic carbocycles. The maximum absolute atomic E-state index is 13.3. The van der Waals surface area contributed by atoms with Crippen LogP contribution in [0.3, 0.4) is 0 Å². The number of amides is 2. The average molecular weight is 399 g/mol. The number of carbonyl (C=O) groups excluding carboxylic acids is 2. The molecule has 2 rings (SSSR count). The van der Waals surface area contributed by atoms with E-state index >= 15 is 0 Å². The van der Waals surface area contributed by atoms with Crippen LogP contribution in [0.2, 0.25) is 0 Å². The molecule has 1 N–H and O–H groups in total. The summed E-state index contributed by atoms with van der Waals surface area (Å²) < 4.78 is 5.35. The lowest BCUT2D eigenvalue weighted by Gasteiger charge is -2.36. The first-order chi connectivity index (χ1) is 13.6. The van der Waals surface area contributed by atoms with Gasteiger partial charge in [0.1, 0.15) is 11.3 Å². The molecule has 2 aromatic rings. The number of para-hydroxylation sites is 1. The molecule has 29 heavy (non-hydrogen) atoms. The molecule has 0 aliphatic heterocycles. The number of hydrogen-bond donors (Lipinski definition) is 1. The van der Waals surface area contributed by atoms with E-state index in [1.807, 2.05) is 6.92 Å². The molecule has 0 fully saturated rings. The van der Waals surface area contributed by atoms with Gasteiger partial charge in [0.15, 0.2) is 0 Å². The SMILES string of the molecule is CCc1c(OC)cccc1C(=O)N(NC(=O)c1ccccc1[N+](=O)[O-])C(C)(C)C. The Morgan fingerprint density at radius 2 is 1.72 bits per heavy atom. The van der Waals surface area contributed by atoms with E-state index in [9.17, 15) is 19.7 Å². The highest BCUT2D eigenvalue weighted by Crippen LogP contribution is 2.26. The van der Waals surface area contributed by atoms with Crippen LogP contribution in [0.15, 0.2) is 42.5 Å². The fraction of sp³-hybridized carbons (Fsp3) is 0.333. The second-order valence-electron chi connectivity index (χ2n) is 7.37. The highest BCUT2D eigenvalue weighted by molar-refractivity contribution is 6.02. The number of ether oxygens (including phenoxy) is 1. The third-order valence-corrected chi connectivity index (χ3v) is 4.37. The van der Waals surface area contributed by atoms with Gasteiger partial charge in [-0.15, -0.1) is 0 Å². The molecule has 0 bridgehead atoms. The Hall–Kier alpha value is -3.42. The third-order valence-electron chi connectivity index (χ3n) is 4.37. The Morgan fingerprint density at radius 1 is 1.10 bits per heavy atom. The van der Waals surface area contributed by atoms with Gasteiger partial charge in [0.05, 0.1) is 17.6 Å². The van der Waals surface area contributed by atoms with Gasteiger partial charge in [0.25, 0.3) is 17.5 Å². The Kier molecular flexibility index (Phi) is 6.58. The molecule has 0 saturated heterocycles. The molecular weight excluding hydrogens is 374 g/mol. The van der Waals surface area contributed by atoms with Crippen LogP contribution in [0.4, 0.5) is 5.69 Å². The predicted octanol–water partition coefficient (Wildman–Crippen LogP) is 3.75. The lowest BCUT2D eigenvalue weighted by Crippen LogP contribution is -2.56. The largest absolute Gasteiger partial charge is 0.496 e. The Labute approximate surface area is 169 Å².